The van der Waals surface area contributed by atoms with Crippen LogP contribution in [-0.4, -0.2) is 50.4 Å². The first-order valence-electron chi connectivity index (χ1n) is 4.46. The van der Waals surface area contributed by atoms with Crippen LogP contribution in [0.3, 0.4) is 0 Å². The summed E-state index contributed by atoms with van der Waals surface area (Å²) in [6.07, 6.45) is 2.33. The molecule has 0 spiro atoms. The number of hydrogen-bond donors (Lipinski definition) is 2. The van der Waals surface area contributed by atoms with E-state index in [0.717, 1.165) is 13.7 Å². The van der Waals surface area contributed by atoms with Gasteiger partial charge in [0.25, 0.3) is 0 Å². The van der Waals surface area contributed by atoms with E-state index in [4.69, 9.17) is 14.9 Å². The summed E-state index contributed by atoms with van der Waals surface area (Å²) in [7, 11) is 2.55. The lowest BCUT2D eigenvalue weighted by atomic mass is 10.6. The Morgan fingerprint density at radius 3 is 1.86 bits per heavy atom. The first-order valence-corrected chi connectivity index (χ1v) is 4.46. The smallest absolute Gasteiger partial charge is 0.0781 e. The van der Waals surface area contributed by atoms with Gasteiger partial charge in [-0.2, -0.15) is 0 Å². The molecule has 1 unspecified atom stereocenters. The molecule has 1 fully saturated rings. The van der Waals surface area contributed by atoms with Crippen molar-refractivity contribution in [2.24, 2.45) is 0 Å². The fourth-order valence-corrected chi connectivity index (χ4v) is 0.188. The van der Waals surface area contributed by atoms with Gasteiger partial charge in [-0.05, 0) is 13.8 Å². The van der Waals surface area contributed by atoms with Crippen LogP contribution in [-0.2, 0) is 9.47 Å². The molecule has 4 heteroatoms. The van der Waals surface area contributed by atoms with Gasteiger partial charge in [0, 0.05) is 14.2 Å². The molecule has 1 aliphatic heterocycles. The maximum Gasteiger partial charge on any atom is 0.0781 e. The molecular weight excluding hydrogens is 184 g/mol. The summed E-state index contributed by atoms with van der Waals surface area (Å²) in [6, 6.07) is 0. The topological polar surface area (TPSA) is 62.2 Å². The molecule has 1 heterocycles. The predicted molar refractivity (Wildman–Crippen MR) is 58.4 cm³/mol. The van der Waals surface area contributed by atoms with Crippen LogP contribution < -0.4 is 0 Å². The van der Waals surface area contributed by atoms with Gasteiger partial charge in [0.05, 0.1) is 25.9 Å². The lowest BCUT2D eigenvalue weighted by molar-refractivity contribution is 0.135. The first-order chi connectivity index (χ1) is 6.72. The highest BCUT2D eigenvalue weighted by Gasteiger charge is 2.13. The quantitative estimate of drug-likeness (QED) is 0.521. The molecule has 0 amide bonds. The van der Waals surface area contributed by atoms with Crippen molar-refractivity contribution in [2.45, 2.75) is 20.0 Å². The highest BCUT2D eigenvalue weighted by molar-refractivity contribution is 4.58. The van der Waals surface area contributed by atoms with E-state index in [0.29, 0.717) is 12.7 Å². The molecule has 14 heavy (non-hydrogen) atoms. The number of ether oxygens (including phenoxy) is 2. The Morgan fingerprint density at radius 1 is 1.57 bits per heavy atom. The average molecular weight is 208 g/mol. The van der Waals surface area contributed by atoms with Crippen molar-refractivity contribution < 1.29 is 19.7 Å². The van der Waals surface area contributed by atoms with Crippen molar-refractivity contribution in [3.8, 4) is 0 Å². The van der Waals surface area contributed by atoms with Crippen LogP contribution in [0.1, 0.15) is 13.8 Å². The van der Waals surface area contributed by atoms with Gasteiger partial charge in [-0.3, -0.25) is 0 Å². The van der Waals surface area contributed by atoms with E-state index < -0.39 is 0 Å². The third kappa shape index (κ3) is 61.8. The maximum absolute atomic E-state index is 7.94. The van der Waals surface area contributed by atoms with Crippen molar-refractivity contribution in [1.82, 2.24) is 0 Å². The van der Waals surface area contributed by atoms with Gasteiger partial charge in [0.1, 0.15) is 0 Å². The van der Waals surface area contributed by atoms with Crippen molar-refractivity contribution in [3.63, 3.8) is 0 Å². The molecule has 0 bridgehead atoms. The second kappa shape index (κ2) is 22.9. The zero-order valence-electron chi connectivity index (χ0n) is 9.69. The molecular formula is C10H24O4. The fourth-order valence-electron chi connectivity index (χ4n) is 0.188. The van der Waals surface area contributed by atoms with Crippen LogP contribution in [0.5, 0.6) is 0 Å². The second-order valence-electron chi connectivity index (χ2n) is 2.27. The van der Waals surface area contributed by atoms with E-state index in [-0.39, 0.29) is 6.61 Å². The zero-order valence-corrected chi connectivity index (χ0v) is 9.69. The standard InChI is InChI=1S/C3H8O2.C3H6O.C3H6.CH4O/c1-5-3-2-4;1-3-2-4-3;1-3-2;1-2/h4H,2-3H2,1H3;3H,2H2,1H3;3H,1H2,2H3;2H,1H3. The molecule has 0 aromatic rings. The SMILES string of the molecule is C=CC.CC1CO1.CO.COCCO. The fraction of sp³-hybridized carbons (Fsp3) is 0.800. The number of aliphatic hydroxyl groups is 2. The number of hydrogen-bond acceptors (Lipinski definition) is 4. The van der Waals surface area contributed by atoms with Crippen LogP contribution in [0, 0.1) is 0 Å². The summed E-state index contributed by atoms with van der Waals surface area (Å²) in [6.45, 7) is 8.86. The molecule has 4 nitrogen and oxygen atoms in total. The molecule has 1 atom stereocenters. The van der Waals surface area contributed by atoms with Crippen LogP contribution in [0.25, 0.3) is 0 Å². The summed E-state index contributed by atoms with van der Waals surface area (Å²) in [5, 5.41) is 14.9. The van der Waals surface area contributed by atoms with Crippen molar-refractivity contribution in [1.29, 1.82) is 0 Å². The van der Waals surface area contributed by atoms with Crippen molar-refractivity contribution in [3.05, 3.63) is 12.7 Å². The normalized spacial score (nSPS) is 15.7. The Kier molecular flexibility index (Phi) is 31.4. The van der Waals surface area contributed by atoms with Gasteiger partial charge in [-0.15, -0.1) is 6.58 Å². The van der Waals surface area contributed by atoms with Gasteiger partial charge in [0.15, 0.2) is 0 Å². The molecule has 1 aliphatic rings. The molecule has 88 valence electrons. The Balaban J connectivity index is -0.000000122. The van der Waals surface area contributed by atoms with E-state index >= 15 is 0 Å². The number of methoxy groups -OCH3 is 1. The van der Waals surface area contributed by atoms with E-state index in [2.05, 4.69) is 18.2 Å². The van der Waals surface area contributed by atoms with Crippen LogP contribution >= 0.6 is 0 Å². The Bertz CT molecular complexity index is 80.2. The van der Waals surface area contributed by atoms with Gasteiger partial charge in [-0.1, -0.05) is 6.08 Å². The number of aliphatic hydroxyl groups excluding tert-OH is 2. The summed E-state index contributed by atoms with van der Waals surface area (Å²) in [4.78, 5) is 0. The highest BCUT2D eigenvalue weighted by Crippen LogP contribution is 2.04. The maximum atomic E-state index is 7.94. The van der Waals surface area contributed by atoms with E-state index in [9.17, 15) is 0 Å². The summed E-state index contributed by atoms with van der Waals surface area (Å²) >= 11 is 0. The lowest BCUT2D eigenvalue weighted by Gasteiger charge is -1.84. The molecule has 1 rings (SSSR count). The van der Waals surface area contributed by atoms with Crippen LogP contribution in [0.15, 0.2) is 12.7 Å². The first kappa shape index (κ1) is 19.2. The third-order valence-electron chi connectivity index (χ3n) is 0.795. The predicted octanol–water partition coefficient (Wildman–Crippen LogP) is 0.831. The molecule has 0 aliphatic carbocycles. The Hall–Kier alpha value is -0.420. The minimum Gasteiger partial charge on any atom is -0.400 e. The summed E-state index contributed by atoms with van der Waals surface area (Å²) in [5.74, 6) is 0. The average Bonchev–Trinajstić information content (AvgIpc) is 2.95. The van der Waals surface area contributed by atoms with Crippen molar-refractivity contribution in [2.75, 3.05) is 34.0 Å². The largest absolute Gasteiger partial charge is 0.400 e. The number of allylic oxidation sites excluding steroid dienone is 1. The highest BCUT2D eigenvalue weighted by atomic mass is 16.6. The van der Waals surface area contributed by atoms with E-state index in [1.54, 1.807) is 13.2 Å². The summed E-state index contributed by atoms with van der Waals surface area (Å²) < 4.78 is 9.15. The van der Waals surface area contributed by atoms with Crippen LogP contribution in [0.2, 0.25) is 0 Å². The molecule has 0 aromatic heterocycles. The Morgan fingerprint density at radius 2 is 1.86 bits per heavy atom. The number of rotatable bonds is 2. The van der Waals surface area contributed by atoms with Gasteiger partial charge >= 0.3 is 0 Å². The van der Waals surface area contributed by atoms with Gasteiger partial charge in [-0.25, -0.2) is 0 Å². The third-order valence-corrected chi connectivity index (χ3v) is 0.795. The monoisotopic (exact) mass is 208 g/mol. The van der Waals surface area contributed by atoms with Crippen molar-refractivity contribution >= 4 is 0 Å². The minimum atomic E-state index is 0.122. The summed E-state index contributed by atoms with van der Waals surface area (Å²) in [5.41, 5.74) is 0. The molecule has 0 aromatic carbocycles. The van der Waals surface area contributed by atoms with E-state index in [1.165, 1.54) is 0 Å². The molecule has 2 N–H and O–H groups in total. The van der Waals surface area contributed by atoms with Gasteiger partial charge in [0.2, 0.25) is 0 Å². The molecule has 0 radical (unpaired) electrons. The molecule has 1 saturated heterocycles. The minimum absolute atomic E-state index is 0.122. The van der Waals surface area contributed by atoms with Gasteiger partial charge < -0.3 is 19.7 Å². The van der Waals surface area contributed by atoms with E-state index in [1.807, 2.05) is 6.92 Å². The lowest BCUT2D eigenvalue weighted by Crippen LogP contribution is -1.91. The zero-order chi connectivity index (χ0) is 11.8. The number of epoxide rings is 1. The Labute approximate surface area is 87.2 Å². The second-order valence-corrected chi connectivity index (χ2v) is 2.27. The van der Waals surface area contributed by atoms with Crippen LogP contribution in [0.4, 0.5) is 0 Å². The molecule has 0 saturated carbocycles.